The molecule has 0 saturated carbocycles. The third-order valence-corrected chi connectivity index (χ3v) is 2.68. The first-order valence-corrected chi connectivity index (χ1v) is 5.30. The number of piperidine rings is 1. The minimum Gasteiger partial charge on any atom is -0.450 e. The van der Waals surface area contributed by atoms with E-state index >= 15 is 0 Å². The fraction of sp³-hybridized carbons (Fsp3) is 0.900. The highest BCUT2D eigenvalue weighted by Crippen LogP contribution is 2.20. The van der Waals surface area contributed by atoms with Gasteiger partial charge in [0.1, 0.15) is 0 Å². The van der Waals surface area contributed by atoms with Crippen LogP contribution in [-0.4, -0.2) is 42.4 Å². The van der Waals surface area contributed by atoms with Crippen molar-refractivity contribution >= 4 is 6.09 Å². The highest BCUT2D eigenvalue weighted by Gasteiger charge is 2.22. The van der Waals surface area contributed by atoms with Crippen LogP contribution in [0.3, 0.4) is 0 Å². The quantitative estimate of drug-likeness (QED) is 0.747. The third-order valence-electron chi connectivity index (χ3n) is 2.68. The summed E-state index contributed by atoms with van der Waals surface area (Å²) in [5, 5.41) is 8.77. The Morgan fingerprint density at radius 2 is 2.14 bits per heavy atom. The zero-order valence-corrected chi connectivity index (χ0v) is 8.74. The van der Waals surface area contributed by atoms with Crippen LogP contribution in [0.15, 0.2) is 0 Å². The molecule has 0 unspecified atom stereocenters. The number of hydrogen-bond donors (Lipinski definition) is 1. The molecular formula is C10H19NO3. The molecule has 0 aromatic rings. The average molecular weight is 201 g/mol. The smallest absolute Gasteiger partial charge is 0.409 e. The number of aliphatic hydroxyl groups is 1. The minimum atomic E-state index is -0.199. The molecule has 14 heavy (non-hydrogen) atoms. The van der Waals surface area contributed by atoms with E-state index in [2.05, 4.69) is 0 Å². The topological polar surface area (TPSA) is 49.8 Å². The maximum Gasteiger partial charge on any atom is 0.409 e. The van der Waals surface area contributed by atoms with Crippen molar-refractivity contribution in [2.75, 3.05) is 26.3 Å². The lowest BCUT2D eigenvalue weighted by molar-refractivity contribution is 0.0885. The molecule has 0 aromatic carbocycles. The Balaban J connectivity index is 2.24. The number of nitrogens with zero attached hydrogens (tertiary/aromatic N) is 1. The van der Waals surface area contributed by atoms with Crippen LogP contribution in [0.5, 0.6) is 0 Å². The second-order valence-corrected chi connectivity index (χ2v) is 3.64. The number of likely N-dealkylation sites (tertiary alicyclic amines) is 1. The van der Waals surface area contributed by atoms with Crippen molar-refractivity contribution in [1.29, 1.82) is 0 Å². The standard InChI is InChI=1S/C10H19NO3/c1-2-14-10(13)11-6-3-9(4-7-11)5-8-12/h9,12H,2-8H2,1H3. The second-order valence-electron chi connectivity index (χ2n) is 3.64. The van der Waals surface area contributed by atoms with E-state index in [1.54, 1.807) is 4.90 Å². The van der Waals surface area contributed by atoms with Crippen LogP contribution in [0.25, 0.3) is 0 Å². The second kappa shape index (κ2) is 5.86. The lowest BCUT2D eigenvalue weighted by Crippen LogP contribution is -2.38. The third kappa shape index (κ3) is 3.18. The molecule has 0 aliphatic carbocycles. The number of carbonyl (C=O) groups is 1. The molecule has 1 saturated heterocycles. The van der Waals surface area contributed by atoms with Gasteiger partial charge < -0.3 is 14.7 Å². The summed E-state index contributed by atoms with van der Waals surface area (Å²) in [5.41, 5.74) is 0. The SMILES string of the molecule is CCOC(=O)N1CCC(CCO)CC1. The summed E-state index contributed by atoms with van der Waals surface area (Å²) < 4.78 is 4.91. The van der Waals surface area contributed by atoms with Gasteiger partial charge in [-0.2, -0.15) is 0 Å². The van der Waals surface area contributed by atoms with Gasteiger partial charge in [0.05, 0.1) is 6.61 Å². The van der Waals surface area contributed by atoms with Crippen molar-refractivity contribution in [2.24, 2.45) is 5.92 Å². The number of aliphatic hydroxyl groups excluding tert-OH is 1. The zero-order chi connectivity index (χ0) is 10.4. The molecule has 0 bridgehead atoms. The molecule has 0 spiro atoms. The lowest BCUT2D eigenvalue weighted by Gasteiger charge is -2.30. The van der Waals surface area contributed by atoms with E-state index < -0.39 is 0 Å². The van der Waals surface area contributed by atoms with Gasteiger partial charge in [0.2, 0.25) is 0 Å². The van der Waals surface area contributed by atoms with Crippen LogP contribution in [-0.2, 0) is 4.74 Å². The lowest BCUT2D eigenvalue weighted by atomic mass is 9.94. The first kappa shape index (κ1) is 11.3. The summed E-state index contributed by atoms with van der Waals surface area (Å²) >= 11 is 0. The van der Waals surface area contributed by atoms with E-state index in [0.29, 0.717) is 12.5 Å². The number of carbonyl (C=O) groups excluding carboxylic acids is 1. The van der Waals surface area contributed by atoms with E-state index in [1.165, 1.54) is 0 Å². The Morgan fingerprint density at radius 3 is 2.64 bits per heavy atom. The summed E-state index contributed by atoms with van der Waals surface area (Å²) in [6, 6.07) is 0. The van der Waals surface area contributed by atoms with Crippen molar-refractivity contribution < 1.29 is 14.6 Å². The fourth-order valence-electron chi connectivity index (χ4n) is 1.80. The predicted molar refractivity (Wildman–Crippen MR) is 53.0 cm³/mol. The summed E-state index contributed by atoms with van der Waals surface area (Å²) in [5.74, 6) is 0.575. The van der Waals surface area contributed by atoms with Crippen molar-refractivity contribution in [3.63, 3.8) is 0 Å². The van der Waals surface area contributed by atoms with Gasteiger partial charge in [0, 0.05) is 19.7 Å². The van der Waals surface area contributed by atoms with Gasteiger partial charge >= 0.3 is 6.09 Å². The number of amides is 1. The van der Waals surface area contributed by atoms with Gasteiger partial charge in [-0.15, -0.1) is 0 Å². The van der Waals surface area contributed by atoms with Crippen LogP contribution in [0.4, 0.5) is 4.79 Å². The predicted octanol–water partition coefficient (Wildman–Crippen LogP) is 1.24. The van der Waals surface area contributed by atoms with E-state index in [4.69, 9.17) is 9.84 Å². The summed E-state index contributed by atoms with van der Waals surface area (Å²) in [4.78, 5) is 13.1. The van der Waals surface area contributed by atoms with Crippen LogP contribution < -0.4 is 0 Å². The molecular weight excluding hydrogens is 182 g/mol. The van der Waals surface area contributed by atoms with Gasteiger partial charge in [0.25, 0.3) is 0 Å². The van der Waals surface area contributed by atoms with E-state index in [1.807, 2.05) is 6.92 Å². The summed E-state index contributed by atoms with van der Waals surface area (Å²) in [6.07, 6.45) is 2.63. The number of ether oxygens (including phenoxy) is 1. The highest BCUT2D eigenvalue weighted by atomic mass is 16.6. The molecule has 1 rings (SSSR count). The molecule has 82 valence electrons. The van der Waals surface area contributed by atoms with Crippen LogP contribution >= 0.6 is 0 Å². The van der Waals surface area contributed by atoms with Gasteiger partial charge in [-0.1, -0.05) is 0 Å². The van der Waals surface area contributed by atoms with E-state index in [-0.39, 0.29) is 12.7 Å². The molecule has 4 heteroatoms. The Bertz CT molecular complexity index is 176. The Kier molecular flexibility index (Phi) is 4.73. The summed E-state index contributed by atoms with van der Waals surface area (Å²) in [6.45, 7) is 4.04. The number of hydrogen-bond acceptors (Lipinski definition) is 3. The average Bonchev–Trinajstić information content (AvgIpc) is 2.20. The van der Waals surface area contributed by atoms with Crippen LogP contribution in [0.2, 0.25) is 0 Å². The monoisotopic (exact) mass is 201 g/mol. The molecule has 0 atom stereocenters. The van der Waals surface area contributed by atoms with Crippen molar-refractivity contribution in [3.05, 3.63) is 0 Å². The molecule has 4 nitrogen and oxygen atoms in total. The highest BCUT2D eigenvalue weighted by molar-refractivity contribution is 5.67. The zero-order valence-electron chi connectivity index (χ0n) is 8.74. The van der Waals surface area contributed by atoms with Crippen LogP contribution in [0, 0.1) is 5.92 Å². The van der Waals surface area contributed by atoms with Crippen molar-refractivity contribution in [2.45, 2.75) is 26.2 Å². The number of rotatable bonds is 3. The van der Waals surface area contributed by atoms with Gasteiger partial charge in [-0.05, 0) is 32.1 Å². The Morgan fingerprint density at radius 1 is 1.50 bits per heavy atom. The molecule has 1 aliphatic rings. The Hall–Kier alpha value is -0.770. The summed E-state index contributed by atoms with van der Waals surface area (Å²) in [7, 11) is 0. The maximum absolute atomic E-state index is 11.3. The molecule has 0 aromatic heterocycles. The largest absolute Gasteiger partial charge is 0.450 e. The van der Waals surface area contributed by atoms with Gasteiger partial charge in [-0.3, -0.25) is 0 Å². The molecule has 0 radical (unpaired) electrons. The molecule has 1 amide bonds. The van der Waals surface area contributed by atoms with Gasteiger partial charge in [-0.25, -0.2) is 4.79 Å². The normalized spacial score (nSPS) is 18.3. The molecule has 1 fully saturated rings. The van der Waals surface area contributed by atoms with E-state index in [9.17, 15) is 4.79 Å². The van der Waals surface area contributed by atoms with E-state index in [0.717, 1.165) is 32.4 Å². The first-order chi connectivity index (χ1) is 6.77. The minimum absolute atomic E-state index is 0.199. The Labute approximate surface area is 84.8 Å². The van der Waals surface area contributed by atoms with Crippen molar-refractivity contribution in [3.8, 4) is 0 Å². The maximum atomic E-state index is 11.3. The fourth-order valence-corrected chi connectivity index (χ4v) is 1.80. The molecule has 1 aliphatic heterocycles. The molecule has 1 N–H and O–H groups in total. The molecule has 1 heterocycles. The van der Waals surface area contributed by atoms with Gasteiger partial charge in [0.15, 0.2) is 0 Å². The first-order valence-electron chi connectivity index (χ1n) is 5.30. The van der Waals surface area contributed by atoms with Crippen molar-refractivity contribution in [1.82, 2.24) is 4.90 Å². The van der Waals surface area contributed by atoms with Crippen LogP contribution in [0.1, 0.15) is 26.2 Å².